The number of sulfonamides is 1. The first-order chi connectivity index (χ1) is 9.89. The minimum absolute atomic E-state index is 0.0119. The number of benzene rings is 1. The van der Waals surface area contributed by atoms with Gasteiger partial charge >= 0.3 is 0 Å². The summed E-state index contributed by atoms with van der Waals surface area (Å²) in [6.45, 7) is 0.742. The second kappa shape index (κ2) is 5.04. The number of fused-ring (bicyclic) bond motifs is 1. The minimum atomic E-state index is -3.65. The summed E-state index contributed by atoms with van der Waals surface area (Å²) in [6.07, 6.45) is 1.16. The van der Waals surface area contributed by atoms with Gasteiger partial charge < -0.3 is 5.11 Å². The third-order valence-electron chi connectivity index (χ3n) is 4.47. The Hall–Kier alpha value is -1.51. The Morgan fingerprint density at radius 2 is 1.86 bits per heavy atom. The van der Waals surface area contributed by atoms with Crippen molar-refractivity contribution in [3.05, 3.63) is 34.4 Å². The van der Waals surface area contributed by atoms with E-state index in [4.69, 9.17) is 0 Å². The Morgan fingerprint density at radius 3 is 2.43 bits per heavy atom. The molecule has 2 fully saturated rings. The van der Waals surface area contributed by atoms with E-state index in [0.29, 0.717) is 13.1 Å². The zero-order valence-corrected chi connectivity index (χ0v) is 12.1. The van der Waals surface area contributed by atoms with E-state index in [-0.39, 0.29) is 22.4 Å². The van der Waals surface area contributed by atoms with E-state index < -0.39 is 21.1 Å². The Balaban J connectivity index is 1.83. The molecule has 8 heteroatoms. The lowest BCUT2D eigenvalue weighted by Gasteiger charge is -2.18. The van der Waals surface area contributed by atoms with Gasteiger partial charge in [0.25, 0.3) is 5.69 Å². The molecule has 3 atom stereocenters. The molecule has 1 aliphatic heterocycles. The highest BCUT2D eigenvalue weighted by molar-refractivity contribution is 7.89. The second-order valence-corrected chi connectivity index (χ2v) is 7.58. The van der Waals surface area contributed by atoms with E-state index in [2.05, 4.69) is 0 Å². The fourth-order valence-corrected chi connectivity index (χ4v) is 4.82. The highest BCUT2D eigenvalue weighted by Gasteiger charge is 2.45. The number of hydrogen-bond acceptors (Lipinski definition) is 5. The molecule has 1 saturated heterocycles. The van der Waals surface area contributed by atoms with Crippen LogP contribution >= 0.6 is 0 Å². The molecule has 1 aliphatic carbocycles. The van der Waals surface area contributed by atoms with Crippen molar-refractivity contribution >= 4 is 15.7 Å². The van der Waals surface area contributed by atoms with Crippen molar-refractivity contribution in [2.24, 2.45) is 11.8 Å². The molecule has 1 aromatic rings. The number of nitro groups is 1. The van der Waals surface area contributed by atoms with Gasteiger partial charge in [-0.1, -0.05) is 0 Å². The van der Waals surface area contributed by atoms with Gasteiger partial charge in [-0.25, -0.2) is 8.42 Å². The average molecular weight is 312 g/mol. The number of non-ortho nitro benzene ring substituents is 1. The number of nitro benzene ring substituents is 1. The number of rotatable bonds is 3. The predicted octanol–water partition coefficient (Wildman–Crippen LogP) is 0.986. The molecular weight excluding hydrogens is 296 g/mol. The molecule has 2 aliphatic rings. The van der Waals surface area contributed by atoms with E-state index in [1.807, 2.05) is 0 Å². The van der Waals surface area contributed by atoms with Crippen molar-refractivity contribution in [3.8, 4) is 0 Å². The zero-order chi connectivity index (χ0) is 15.2. The maximum Gasteiger partial charge on any atom is 0.269 e. The summed E-state index contributed by atoms with van der Waals surface area (Å²) < 4.78 is 26.4. The van der Waals surface area contributed by atoms with Crippen molar-refractivity contribution in [1.82, 2.24) is 4.31 Å². The normalized spacial score (nSPS) is 29.5. The van der Waals surface area contributed by atoms with Crippen molar-refractivity contribution in [1.29, 1.82) is 0 Å². The third kappa shape index (κ3) is 2.43. The molecule has 1 heterocycles. The number of aliphatic hydroxyl groups is 1. The van der Waals surface area contributed by atoms with Crippen LogP contribution < -0.4 is 0 Å². The third-order valence-corrected chi connectivity index (χ3v) is 6.32. The molecule has 1 aromatic carbocycles. The lowest BCUT2D eigenvalue weighted by molar-refractivity contribution is -0.384. The van der Waals surface area contributed by atoms with Crippen molar-refractivity contribution < 1.29 is 18.4 Å². The molecule has 21 heavy (non-hydrogen) atoms. The van der Waals surface area contributed by atoms with Gasteiger partial charge in [-0.3, -0.25) is 10.1 Å². The summed E-state index contributed by atoms with van der Waals surface area (Å²) in [5.41, 5.74) is -0.136. The molecular formula is C13H16N2O5S. The van der Waals surface area contributed by atoms with E-state index >= 15 is 0 Å². The van der Waals surface area contributed by atoms with Gasteiger partial charge in [-0.15, -0.1) is 0 Å². The summed E-state index contributed by atoms with van der Waals surface area (Å²) in [5.74, 6) is 0.227. The summed E-state index contributed by atoms with van der Waals surface area (Å²) in [4.78, 5) is 10.1. The van der Waals surface area contributed by atoms with Gasteiger partial charge in [0.1, 0.15) is 0 Å². The molecule has 0 bridgehead atoms. The lowest BCUT2D eigenvalue weighted by Crippen LogP contribution is -2.31. The molecule has 114 valence electrons. The second-order valence-electron chi connectivity index (χ2n) is 5.64. The fourth-order valence-electron chi connectivity index (χ4n) is 3.28. The fraction of sp³-hybridized carbons (Fsp3) is 0.538. The highest BCUT2D eigenvalue weighted by Crippen LogP contribution is 2.40. The maximum absolute atomic E-state index is 12.5. The SMILES string of the molecule is O=[N+]([O-])c1ccc(S(=O)(=O)N2CC3CCC(O)C3C2)cc1. The molecule has 1 saturated carbocycles. The Morgan fingerprint density at radius 1 is 1.19 bits per heavy atom. The summed E-state index contributed by atoms with van der Waals surface area (Å²) in [5, 5.41) is 20.5. The highest BCUT2D eigenvalue weighted by atomic mass is 32.2. The summed E-state index contributed by atoms with van der Waals surface area (Å²) >= 11 is 0. The van der Waals surface area contributed by atoms with Crippen LogP contribution in [0.2, 0.25) is 0 Å². The first-order valence-electron chi connectivity index (χ1n) is 6.82. The van der Waals surface area contributed by atoms with Crippen LogP contribution in [0.5, 0.6) is 0 Å². The van der Waals surface area contributed by atoms with E-state index in [1.165, 1.54) is 28.6 Å². The molecule has 0 radical (unpaired) electrons. The number of aliphatic hydroxyl groups excluding tert-OH is 1. The summed E-state index contributed by atoms with van der Waals surface area (Å²) in [7, 11) is -3.65. The molecule has 7 nitrogen and oxygen atoms in total. The van der Waals surface area contributed by atoms with Gasteiger partial charge in [0.2, 0.25) is 10.0 Å². The topological polar surface area (TPSA) is 101 Å². The Kier molecular flexibility index (Phi) is 3.46. The van der Waals surface area contributed by atoms with Crippen LogP contribution in [0.3, 0.4) is 0 Å². The van der Waals surface area contributed by atoms with Crippen molar-refractivity contribution in [2.75, 3.05) is 13.1 Å². The van der Waals surface area contributed by atoms with Crippen LogP contribution in [0.1, 0.15) is 12.8 Å². The average Bonchev–Trinajstić information content (AvgIpc) is 3.02. The van der Waals surface area contributed by atoms with Crippen LogP contribution in [0.15, 0.2) is 29.2 Å². The summed E-state index contributed by atoms with van der Waals surface area (Å²) in [6, 6.07) is 4.91. The lowest BCUT2D eigenvalue weighted by atomic mass is 10.00. The van der Waals surface area contributed by atoms with Crippen LogP contribution in [0.4, 0.5) is 5.69 Å². The maximum atomic E-state index is 12.5. The number of hydrogen-bond donors (Lipinski definition) is 1. The van der Waals surface area contributed by atoms with Gasteiger partial charge in [-0.05, 0) is 30.9 Å². The van der Waals surface area contributed by atoms with Crippen LogP contribution in [-0.4, -0.2) is 41.9 Å². The molecule has 1 N–H and O–H groups in total. The van der Waals surface area contributed by atoms with Gasteiger partial charge in [-0.2, -0.15) is 4.31 Å². The smallest absolute Gasteiger partial charge is 0.269 e. The molecule has 3 unspecified atom stereocenters. The molecule has 0 spiro atoms. The molecule has 0 amide bonds. The Bertz CT molecular complexity index is 658. The van der Waals surface area contributed by atoms with Crippen LogP contribution in [0, 0.1) is 22.0 Å². The molecule has 3 rings (SSSR count). The van der Waals surface area contributed by atoms with Crippen molar-refractivity contribution in [2.45, 2.75) is 23.8 Å². The van der Waals surface area contributed by atoms with Crippen LogP contribution in [0.25, 0.3) is 0 Å². The standard InChI is InChI=1S/C13H16N2O5S/c16-13-6-1-9-7-14(8-12(9)13)21(19,20)11-4-2-10(3-5-11)15(17)18/h2-5,9,12-13,16H,1,6-8H2. The van der Waals surface area contributed by atoms with Crippen molar-refractivity contribution in [3.63, 3.8) is 0 Å². The first-order valence-corrected chi connectivity index (χ1v) is 8.26. The van der Waals surface area contributed by atoms with Crippen LogP contribution in [-0.2, 0) is 10.0 Å². The largest absolute Gasteiger partial charge is 0.393 e. The zero-order valence-electron chi connectivity index (χ0n) is 11.3. The van der Waals surface area contributed by atoms with E-state index in [1.54, 1.807) is 0 Å². The predicted molar refractivity (Wildman–Crippen MR) is 74.1 cm³/mol. The van der Waals surface area contributed by atoms with E-state index in [9.17, 15) is 23.6 Å². The Labute approximate surface area is 122 Å². The number of nitrogens with zero attached hydrogens (tertiary/aromatic N) is 2. The monoisotopic (exact) mass is 312 g/mol. The first kappa shape index (κ1) is 14.4. The molecule has 0 aromatic heterocycles. The van der Waals surface area contributed by atoms with Gasteiger partial charge in [0.15, 0.2) is 0 Å². The van der Waals surface area contributed by atoms with E-state index in [0.717, 1.165) is 12.8 Å². The minimum Gasteiger partial charge on any atom is -0.393 e. The van der Waals surface area contributed by atoms with Gasteiger partial charge in [0.05, 0.1) is 15.9 Å². The van der Waals surface area contributed by atoms with Gasteiger partial charge in [0, 0.05) is 31.1 Å². The quantitative estimate of drug-likeness (QED) is 0.662.